The minimum atomic E-state index is -0.935. The fraction of sp³-hybridized carbons (Fsp3) is 0.294. The molecule has 2 aromatic rings. The van der Waals surface area contributed by atoms with Gasteiger partial charge in [-0.25, -0.2) is 9.78 Å². The molecule has 4 nitrogen and oxygen atoms in total. The predicted molar refractivity (Wildman–Crippen MR) is 81.6 cm³/mol. The zero-order valence-corrected chi connectivity index (χ0v) is 12.0. The van der Waals surface area contributed by atoms with Crippen molar-refractivity contribution in [3.05, 3.63) is 53.1 Å². The van der Waals surface area contributed by atoms with E-state index in [1.165, 1.54) is 30.3 Å². The molecule has 3 rings (SSSR count). The lowest BCUT2D eigenvalue weighted by Crippen LogP contribution is -2.07. The molecule has 0 unspecified atom stereocenters. The average molecular weight is 282 g/mol. The molecule has 0 radical (unpaired) electrons. The Labute approximate surface area is 123 Å². The van der Waals surface area contributed by atoms with Crippen LogP contribution in [0, 0.1) is 6.92 Å². The Hall–Kier alpha value is -2.36. The van der Waals surface area contributed by atoms with E-state index in [-0.39, 0.29) is 0 Å². The number of nitrogens with zero attached hydrogens (tertiary/aromatic N) is 2. The van der Waals surface area contributed by atoms with Crippen molar-refractivity contribution in [2.45, 2.75) is 32.6 Å². The molecule has 0 bridgehead atoms. The first-order chi connectivity index (χ1) is 10.1. The molecule has 0 saturated heterocycles. The van der Waals surface area contributed by atoms with Crippen molar-refractivity contribution in [3.63, 3.8) is 0 Å². The van der Waals surface area contributed by atoms with Crippen LogP contribution in [0.1, 0.15) is 35.4 Å². The lowest BCUT2D eigenvalue weighted by Gasteiger charge is -2.16. The molecular formula is C17H18N2O2. The van der Waals surface area contributed by atoms with Gasteiger partial charge in [0, 0.05) is 11.8 Å². The van der Waals surface area contributed by atoms with Crippen molar-refractivity contribution in [2.75, 3.05) is 0 Å². The number of hydrogen-bond acceptors (Lipinski definition) is 2. The van der Waals surface area contributed by atoms with Gasteiger partial charge in [-0.2, -0.15) is 0 Å². The van der Waals surface area contributed by atoms with Crippen LogP contribution in [0.25, 0.3) is 11.8 Å². The van der Waals surface area contributed by atoms with E-state index in [0.29, 0.717) is 0 Å². The number of fused-ring (bicyclic) bond motifs is 1. The lowest BCUT2D eigenvalue weighted by atomic mass is 10.0. The van der Waals surface area contributed by atoms with Crippen molar-refractivity contribution in [2.24, 2.45) is 0 Å². The van der Waals surface area contributed by atoms with Crippen molar-refractivity contribution >= 4 is 12.0 Å². The van der Waals surface area contributed by atoms with Gasteiger partial charge < -0.3 is 9.67 Å². The van der Waals surface area contributed by atoms with Gasteiger partial charge in [-0.1, -0.05) is 11.6 Å². The number of imidazole rings is 1. The standard InChI is InChI=1S/C17H18N2O2/c1-12-6-8-15(13(10-12)7-9-17(20)21)19-11-18-14-4-2-3-5-16(14)19/h6-11H,2-5H2,1H3,(H,20,21)/b9-7+. The van der Waals surface area contributed by atoms with Gasteiger partial charge in [-0.3, -0.25) is 0 Å². The highest BCUT2D eigenvalue weighted by Crippen LogP contribution is 2.26. The van der Waals surface area contributed by atoms with Crippen molar-refractivity contribution in [3.8, 4) is 5.69 Å². The van der Waals surface area contributed by atoms with Crippen LogP contribution in [-0.4, -0.2) is 20.6 Å². The summed E-state index contributed by atoms with van der Waals surface area (Å²) in [5.74, 6) is -0.935. The van der Waals surface area contributed by atoms with E-state index in [2.05, 4.69) is 9.55 Å². The number of carbonyl (C=O) groups is 1. The van der Waals surface area contributed by atoms with Gasteiger partial charge in [0.25, 0.3) is 0 Å². The third-order valence-electron chi connectivity index (χ3n) is 3.88. The van der Waals surface area contributed by atoms with Gasteiger partial charge in [-0.05, 0) is 56.4 Å². The topological polar surface area (TPSA) is 55.1 Å². The second-order valence-electron chi connectivity index (χ2n) is 5.45. The predicted octanol–water partition coefficient (Wildman–Crippen LogP) is 3.16. The third kappa shape index (κ3) is 2.75. The van der Waals surface area contributed by atoms with Crippen LogP contribution >= 0.6 is 0 Å². The number of carboxylic acids is 1. The normalized spacial score (nSPS) is 14.3. The highest BCUT2D eigenvalue weighted by atomic mass is 16.4. The molecule has 1 heterocycles. The fourth-order valence-corrected chi connectivity index (χ4v) is 2.86. The molecule has 4 heteroatoms. The zero-order valence-electron chi connectivity index (χ0n) is 12.0. The molecule has 0 saturated carbocycles. The van der Waals surface area contributed by atoms with Gasteiger partial charge >= 0.3 is 5.97 Å². The number of rotatable bonds is 3. The maximum atomic E-state index is 10.8. The molecule has 1 aliphatic carbocycles. The van der Waals surface area contributed by atoms with Crippen molar-refractivity contribution in [1.29, 1.82) is 0 Å². The minimum Gasteiger partial charge on any atom is -0.478 e. The molecular weight excluding hydrogens is 264 g/mol. The van der Waals surface area contributed by atoms with Crippen LogP contribution in [0.5, 0.6) is 0 Å². The van der Waals surface area contributed by atoms with Gasteiger partial charge in [0.1, 0.15) is 0 Å². The molecule has 1 N–H and O–H groups in total. The van der Waals surface area contributed by atoms with Crippen LogP contribution in [0.15, 0.2) is 30.6 Å². The number of benzene rings is 1. The largest absolute Gasteiger partial charge is 0.478 e. The second kappa shape index (κ2) is 5.56. The molecule has 1 aliphatic rings. The van der Waals surface area contributed by atoms with Gasteiger partial charge in [0.2, 0.25) is 0 Å². The van der Waals surface area contributed by atoms with Crippen LogP contribution in [0.2, 0.25) is 0 Å². The number of hydrogen-bond donors (Lipinski definition) is 1. The highest BCUT2D eigenvalue weighted by Gasteiger charge is 2.17. The lowest BCUT2D eigenvalue weighted by molar-refractivity contribution is -0.131. The summed E-state index contributed by atoms with van der Waals surface area (Å²) in [6.07, 6.45) is 9.15. The molecule has 108 valence electrons. The summed E-state index contributed by atoms with van der Waals surface area (Å²) >= 11 is 0. The van der Waals surface area contributed by atoms with E-state index >= 15 is 0 Å². The minimum absolute atomic E-state index is 0.906. The molecule has 0 atom stereocenters. The fourth-order valence-electron chi connectivity index (χ4n) is 2.86. The summed E-state index contributed by atoms with van der Waals surface area (Å²) in [4.78, 5) is 15.3. The van der Waals surface area contributed by atoms with Gasteiger partial charge in [-0.15, -0.1) is 0 Å². The third-order valence-corrected chi connectivity index (χ3v) is 3.88. The van der Waals surface area contributed by atoms with E-state index in [1.807, 2.05) is 31.5 Å². The monoisotopic (exact) mass is 282 g/mol. The van der Waals surface area contributed by atoms with E-state index in [1.54, 1.807) is 6.08 Å². The summed E-state index contributed by atoms with van der Waals surface area (Å²) < 4.78 is 2.11. The summed E-state index contributed by atoms with van der Waals surface area (Å²) in [7, 11) is 0. The van der Waals surface area contributed by atoms with Gasteiger partial charge in [0.15, 0.2) is 0 Å². The molecule has 0 amide bonds. The van der Waals surface area contributed by atoms with E-state index in [0.717, 1.165) is 29.7 Å². The van der Waals surface area contributed by atoms with Crippen LogP contribution in [-0.2, 0) is 17.6 Å². The Morgan fingerprint density at radius 1 is 1.33 bits per heavy atom. The van der Waals surface area contributed by atoms with Crippen LogP contribution < -0.4 is 0 Å². The van der Waals surface area contributed by atoms with Crippen molar-refractivity contribution < 1.29 is 9.90 Å². The number of aliphatic carboxylic acids is 1. The quantitative estimate of drug-likeness (QED) is 0.880. The molecule has 0 aliphatic heterocycles. The molecule has 0 spiro atoms. The summed E-state index contributed by atoms with van der Waals surface area (Å²) in [5.41, 5.74) is 5.44. The number of aryl methyl sites for hydroxylation is 2. The molecule has 1 aromatic carbocycles. The smallest absolute Gasteiger partial charge is 0.328 e. The summed E-state index contributed by atoms with van der Waals surface area (Å²) in [5, 5.41) is 8.85. The highest BCUT2D eigenvalue weighted by molar-refractivity contribution is 5.86. The first-order valence-electron chi connectivity index (χ1n) is 7.22. The Bertz CT molecular complexity index is 714. The average Bonchev–Trinajstić information content (AvgIpc) is 2.89. The number of carboxylic acid groups (broad SMARTS) is 1. The van der Waals surface area contributed by atoms with Crippen molar-refractivity contribution in [1.82, 2.24) is 9.55 Å². The molecule has 1 aromatic heterocycles. The maximum Gasteiger partial charge on any atom is 0.328 e. The van der Waals surface area contributed by atoms with E-state index in [4.69, 9.17) is 5.11 Å². The zero-order chi connectivity index (χ0) is 14.8. The first-order valence-corrected chi connectivity index (χ1v) is 7.22. The Balaban J connectivity index is 2.09. The Morgan fingerprint density at radius 3 is 2.95 bits per heavy atom. The molecule has 21 heavy (non-hydrogen) atoms. The molecule has 0 fully saturated rings. The Morgan fingerprint density at radius 2 is 2.14 bits per heavy atom. The summed E-state index contributed by atoms with van der Waals surface area (Å²) in [6.45, 7) is 2.01. The van der Waals surface area contributed by atoms with E-state index in [9.17, 15) is 4.79 Å². The second-order valence-corrected chi connectivity index (χ2v) is 5.45. The maximum absolute atomic E-state index is 10.8. The van der Waals surface area contributed by atoms with Crippen LogP contribution in [0.4, 0.5) is 0 Å². The van der Waals surface area contributed by atoms with Crippen LogP contribution in [0.3, 0.4) is 0 Å². The Kier molecular flexibility index (Phi) is 3.60. The van der Waals surface area contributed by atoms with E-state index < -0.39 is 5.97 Å². The number of aromatic nitrogens is 2. The van der Waals surface area contributed by atoms with Gasteiger partial charge in [0.05, 0.1) is 17.7 Å². The summed E-state index contributed by atoms with van der Waals surface area (Å²) in [6, 6.07) is 6.08. The SMILES string of the molecule is Cc1ccc(-n2cnc3c2CCCC3)c(/C=C/C(=O)O)c1. The first kappa shape index (κ1) is 13.6.